The van der Waals surface area contributed by atoms with Gasteiger partial charge >= 0.3 is 0 Å². The molecule has 0 saturated heterocycles. The van der Waals surface area contributed by atoms with Crippen LogP contribution in [0.3, 0.4) is 0 Å². The van der Waals surface area contributed by atoms with Crippen LogP contribution in [0.5, 0.6) is 5.75 Å². The van der Waals surface area contributed by atoms with Gasteiger partial charge in [-0.05, 0) is 51.5 Å². The monoisotopic (exact) mass is 223 g/mol. The molecule has 0 aliphatic heterocycles. The van der Waals surface area contributed by atoms with Gasteiger partial charge in [0.25, 0.3) is 5.91 Å². The van der Waals surface area contributed by atoms with E-state index in [2.05, 4.69) is 5.48 Å². The van der Waals surface area contributed by atoms with E-state index in [4.69, 9.17) is 4.84 Å². The summed E-state index contributed by atoms with van der Waals surface area (Å²) < 4.78 is 0. The average molecular weight is 223 g/mol. The van der Waals surface area contributed by atoms with Crippen molar-refractivity contribution in [2.75, 3.05) is 0 Å². The van der Waals surface area contributed by atoms with Crippen molar-refractivity contribution in [2.24, 2.45) is 0 Å². The lowest BCUT2D eigenvalue weighted by atomic mass is 10.1. The van der Waals surface area contributed by atoms with Crippen molar-refractivity contribution < 1.29 is 14.7 Å². The number of hydrogen-bond donors (Lipinski definition) is 2. The predicted octanol–water partition coefficient (Wildman–Crippen LogP) is 2.16. The number of rotatable bonds is 2. The Hall–Kier alpha value is -1.55. The molecule has 2 N–H and O–H groups in total. The molecule has 0 fully saturated rings. The van der Waals surface area contributed by atoms with Crippen LogP contribution < -0.4 is 5.48 Å². The molecule has 4 nitrogen and oxygen atoms in total. The lowest BCUT2D eigenvalue weighted by molar-refractivity contribution is -0.0589. The van der Waals surface area contributed by atoms with Gasteiger partial charge in [0.15, 0.2) is 0 Å². The van der Waals surface area contributed by atoms with Gasteiger partial charge < -0.3 is 5.11 Å². The first-order valence-corrected chi connectivity index (χ1v) is 5.07. The minimum atomic E-state index is -0.429. The van der Waals surface area contributed by atoms with E-state index in [1.54, 1.807) is 19.1 Å². The second-order valence-corrected chi connectivity index (χ2v) is 4.65. The zero-order valence-corrected chi connectivity index (χ0v) is 10.00. The maximum absolute atomic E-state index is 11.6. The normalized spacial score (nSPS) is 11.2. The van der Waals surface area contributed by atoms with Gasteiger partial charge in [0.2, 0.25) is 0 Å². The van der Waals surface area contributed by atoms with Crippen molar-refractivity contribution in [1.82, 2.24) is 5.48 Å². The Morgan fingerprint density at radius 1 is 1.38 bits per heavy atom. The Morgan fingerprint density at radius 3 is 2.50 bits per heavy atom. The molecule has 16 heavy (non-hydrogen) atoms. The predicted molar refractivity (Wildman–Crippen MR) is 61.1 cm³/mol. The molecule has 0 bridgehead atoms. The van der Waals surface area contributed by atoms with Crippen LogP contribution in [-0.2, 0) is 4.84 Å². The van der Waals surface area contributed by atoms with Crippen LogP contribution in [0.1, 0.15) is 36.7 Å². The molecule has 0 aliphatic rings. The van der Waals surface area contributed by atoms with E-state index in [-0.39, 0.29) is 11.7 Å². The number of carbonyl (C=O) groups excluding carboxylic acids is 1. The first-order valence-electron chi connectivity index (χ1n) is 5.07. The molecule has 0 aliphatic carbocycles. The second kappa shape index (κ2) is 4.53. The topological polar surface area (TPSA) is 58.6 Å². The fourth-order valence-corrected chi connectivity index (χ4v) is 1.06. The number of amides is 1. The number of phenols is 1. The van der Waals surface area contributed by atoms with E-state index in [0.29, 0.717) is 11.1 Å². The summed E-state index contributed by atoms with van der Waals surface area (Å²) >= 11 is 0. The zero-order valence-electron chi connectivity index (χ0n) is 10.00. The fraction of sp³-hybridized carbons (Fsp3) is 0.417. The van der Waals surface area contributed by atoms with Crippen LogP contribution in [0.2, 0.25) is 0 Å². The molecule has 4 heteroatoms. The van der Waals surface area contributed by atoms with Gasteiger partial charge in [-0.15, -0.1) is 0 Å². The molecule has 88 valence electrons. The quantitative estimate of drug-likeness (QED) is 0.755. The molecule has 1 rings (SSSR count). The van der Waals surface area contributed by atoms with Gasteiger partial charge in [0.05, 0.1) is 5.60 Å². The number of phenolic OH excluding ortho intramolecular Hbond substituents is 1. The highest BCUT2D eigenvalue weighted by molar-refractivity contribution is 5.93. The lowest BCUT2D eigenvalue weighted by Gasteiger charge is -2.19. The molecular formula is C12H17NO3. The smallest absolute Gasteiger partial charge is 0.274 e. The van der Waals surface area contributed by atoms with E-state index in [0.717, 1.165) is 0 Å². The van der Waals surface area contributed by atoms with E-state index in [1.807, 2.05) is 20.8 Å². The van der Waals surface area contributed by atoms with E-state index >= 15 is 0 Å². The second-order valence-electron chi connectivity index (χ2n) is 4.65. The minimum absolute atomic E-state index is 0.174. The fourth-order valence-electron chi connectivity index (χ4n) is 1.06. The summed E-state index contributed by atoms with van der Waals surface area (Å²) in [4.78, 5) is 16.8. The van der Waals surface area contributed by atoms with Crippen molar-refractivity contribution in [3.63, 3.8) is 0 Å². The molecule has 0 saturated carbocycles. The van der Waals surface area contributed by atoms with Crippen LogP contribution in [-0.4, -0.2) is 16.6 Å². The number of hydroxylamine groups is 1. The molecule has 0 unspecified atom stereocenters. The zero-order chi connectivity index (χ0) is 12.3. The third-order valence-corrected chi connectivity index (χ3v) is 1.91. The van der Waals surface area contributed by atoms with Crippen molar-refractivity contribution in [1.29, 1.82) is 0 Å². The Balaban J connectivity index is 2.70. The highest BCUT2D eigenvalue weighted by Crippen LogP contribution is 2.17. The summed E-state index contributed by atoms with van der Waals surface area (Å²) in [5, 5.41) is 9.32. The molecule has 1 aromatic carbocycles. The standard InChI is InChI=1S/C12H17NO3/c1-8-7-9(5-6-10(8)14)11(15)13-16-12(2,3)4/h5-7,14H,1-4H3,(H,13,15). The van der Waals surface area contributed by atoms with Crippen LogP contribution in [0.4, 0.5) is 0 Å². The van der Waals surface area contributed by atoms with Gasteiger partial charge in [-0.25, -0.2) is 5.48 Å². The van der Waals surface area contributed by atoms with Crippen molar-refractivity contribution in [3.05, 3.63) is 29.3 Å². The Bertz CT molecular complexity index is 394. The van der Waals surface area contributed by atoms with Gasteiger partial charge in [0.1, 0.15) is 5.75 Å². The molecule has 0 radical (unpaired) electrons. The van der Waals surface area contributed by atoms with Crippen LogP contribution in [0.25, 0.3) is 0 Å². The maximum atomic E-state index is 11.6. The van der Waals surface area contributed by atoms with Gasteiger partial charge in [-0.1, -0.05) is 0 Å². The van der Waals surface area contributed by atoms with Gasteiger partial charge in [0, 0.05) is 5.56 Å². The van der Waals surface area contributed by atoms with Crippen molar-refractivity contribution in [2.45, 2.75) is 33.3 Å². The highest BCUT2D eigenvalue weighted by atomic mass is 16.7. The molecular weight excluding hydrogens is 206 g/mol. The first kappa shape index (κ1) is 12.5. The SMILES string of the molecule is Cc1cc(C(=O)NOC(C)(C)C)ccc1O. The Morgan fingerprint density at radius 2 is 2.00 bits per heavy atom. The summed E-state index contributed by atoms with van der Waals surface area (Å²) in [5.41, 5.74) is 3.05. The number of carbonyl (C=O) groups is 1. The molecule has 0 heterocycles. The minimum Gasteiger partial charge on any atom is -0.508 e. The average Bonchev–Trinajstić information content (AvgIpc) is 2.17. The Labute approximate surface area is 95.2 Å². The van der Waals surface area contributed by atoms with Crippen LogP contribution in [0.15, 0.2) is 18.2 Å². The van der Waals surface area contributed by atoms with E-state index in [9.17, 15) is 9.90 Å². The number of aromatic hydroxyl groups is 1. The largest absolute Gasteiger partial charge is 0.508 e. The third kappa shape index (κ3) is 3.55. The van der Waals surface area contributed by atoms with Gasteiger partial charge in [-0.3, -0.25) is 9.63 Å². The van der Waals surface area contributed by atoms with Crippen LogP contribution in [0, 0.1) is 6.92 Å². The molecule has 0 atom stereocenters. The van der Waals surface area contributed by atoms with Gasteiger partial charge in [-0.2, -0.15) is 0 Å². The maximum Gasteiger partial charge on any atom is 0.274 e. The molecule has 1 amide bonds. The number of hydrogen-bond acceptors (Lipinski definition) is 3. The number of aryl methyl sites for hydroxylation is 1. The molecule has 0 aromatic heterocycles. The summed E-state index contributed by atoms with van der Waals surface area (Å²) in [6, 6.07) is 4.64. The van der Waals surface area contributed by atoms with Crippen LogP contribution >= 0.6 is 0 Å². The first-order chi connectivity index (χ1) is 7.29. The van der Waals surface area contributed by atoms with Crippen molar-refractivity contribution >= 4 is 5.91 Å². The highest BCUT2D eigenvalue weighted by Gasteiger charge is 2.14. The summed E-state index contributed by atoms with van der Waals surface area (Å²) in [6.07, 6.45) is 0. The summed E-state index contributed by atoms with van der Waals surface area (Å²) in [5.74, 6) is -0.147. The molecule has 0 spiro atoms. The summed E-state index contributed by atoms with van der Waals surface area (Å²) in [7, 11) is 0. The van der Waals surface area contributed by atoms with Crippen molar-refractivity contribution in [3.8, 4) is 5.75 Å². The van der Waals surface area contributed by atoms with E-state index in [1.165, 1.54) is 6.07 Å². The summed E-state index contributed by atoms with van der Waals surface area (Å²) in [6.45, 7) is 7.26. The number of benzene rings is 1. The number of nitrogens with one attached hydrogen (secondary N) is 1. The Kier molecular flexibility index (Phi) is 3.55. The molecule has 1 aromatic rings. The van der Waals surface area contributed by atoms with E-state index < -0.39 is 5.60 Å². The lowest BCUT2D eigenvalue weighted by Crippen LogP contribution is -2.33. The third-order valence-electron chi connectivity index (χ3n) is 1.91.